The van der Waals surface area contributed by atoms with Gasteiger partial charge in [0.1, 0.15) is 19.0 Å². The van der Waals surface area contributed by atoms with E-state index in [1.54, 1.807) is 24.3 Å². The number of nitrogens with one attached hydrogen (secondary N) is 1. The van der Waals surface area contributed by atoms with E-state index in [0.717, 1.165) is 8.95 Å². The second-order valence-corrected chi connectivity index (χ2v) is 6.40. The molecule has 7 heteroatoms. The monoisotopic (exact) mass is 447 g/mol. The van der Waals surface area contributed by atoms with Crippen molar-refractivity contribution in [1.82, 2.24) is 0 Å². The molecule has 0 aromatic heterocycles. The maximum atomic E-state index is 11.6. The molecule has 0 saturated carbocycles. The number of anilines is 1. The van der Waals surface area contributed by atoms with Gasteiger partial charge in [0.15, 0.2) is 0 Å². The van der Waals surface area contributed by atoms with Gasteiger partial charge < -0.3 is 9.47 Å². The number of carbonyl (C=O) groups is 1. The number of ether oxygens (including phenoxy) is 2. The van der Waals surface area contributed by atoms with Gasteiger partial charge in [-0.15, -0.1) is 0 Å². The van der Waals surface area contributed by atoms with Gasteiger partial charge >= 0.3 is 6.09 Å². The predicted octanol–water partition coefficient (Wildman–Crippen LogP) is 5.49. The Morgan fingerprint density at radius 2 is 1.95 bits per heavy atom. The number of benzene rings is 2. The van der Waals surface area contributed by atoms with Crippen LogP contribution in [-0.2, 0) is 4.74 Å². The summed E-state index contributed by atoms with van der Waals surface area (Å²) in [5, 5.41) is 3.13. The summed E-state index contributed by atoms with van der Waals surface area (Å²) in [6.07, 6.45) is -0.555. The Morgan fingerprint density at radius 3 is 2.68 bits per heavy atom. The molecule has 0 bridgehead atoms. The lowest BCUT2D eigenvalue weighted by Gasteiger charge is -2.10. The normalized spacial score (nSPS) is 10.1. The standard InChI is InChI=1S/C15H12Br2ClNO3/c16-10-4-5-14(13(17)8-10)21-6-7-22-15(20)19-12-3-1-2-11(18)9-12/h1-5,8-9H,6-7H2,(H,19,20). The van der Waals surface area contributed by atoms with Gasteiger partial charge in [-0.2, -0.15) is 0 Å². The largest absolute Gasteiger partial charge is 0.489 e. The van der Waals surface area contributed by atoms with E-state index in [9.17, 15) is 4.79 Å². The van der Waals surface area contributed by atoms with Crippen LogP contribution in [0.5, 0.6) is 5.75 Å². The van der Waals surface area contributed by atoms with Crippen molar-refractivity contribution in [2.24, 2.45) is 0 Å². The third-order valence-electron chi connectivity index (χ3n) is 2.54. The summed E-state index contributed by atoms with van der Waals surface area (Å²) in [6, 6.07) is 12.4. The maximum Gasteiger partial charge on any atom is 0.411 e. The summed E-state index contributed by atoms with van der Waals surface area (Å²) >= 11 is 12.6. The van der Waals surface area contributed by atoms with Crippen molar-refractivity contribution in [2.75, 3.05) is 18.5 Å². The van der Waals surface area contributed by atoms with Gasteiger partial charge in [-0.3, -0.25) is 5.32 Å². The molecular weight excluding hydrogens is 437 g/mol. The molecule has 0 aliphatic carbocycles. The topological polar surface area (TPSA) is 47.6 Å². The van der Waals surface area contributed by atoms with Crippen LogP contribution in [0.25, 0.3) is 0 Å². The molecule has 0 unspecified atom stereocenters. The average Bonchev–Trinajstić information content (AvgIpc) is 2.45. The van der Waals surface area contributed by atoms with Gasteiger partial charge in [0.2, 0.25) is 0 Å². The molecule has 0 spiro atoms. The molecule has 4 nitrogen and oxygen atoms in total. The molecule has 0 fully saturated rings. The van der Waals surface area contributed by atoms with E-state index in [1.807, 2.05) is 18.2 Å². The lowest BCUT2D eigenvalue weighted by molar-refractivity contribution is 0.137. The Hall–Kier alpha value is -1.24. The highest BCUT2D eigenvalue weighted by Gasteiger charge is 2.05. The van der Waals surface area contributed by atoms with Crippen LogP contribution in [0.15, 0.2) is 51.4 Å². The average molecular weight is 450 g/mol. The van der Waals surface area contributed by atoms with Gasteiger partial charge in [0.05, 0.1) is 4.47 Å². The number of hydrogen-bond donors (Lipinski definition) is 1. The fourth-order valence-corrected chi connectivity index (χ4v) is 2.95. The van der Waals surface area contributed by atoms with Crippen LogP contribution in [0.1, 0.15) is 0 Å². The lowest BCUT2D eigenvalue weighted by Crippen LogP contribution is -2.17. The van der Waals surface area contributed by atoms with Crippen LogP contribution < -0.4 is 10.1 Å². The summed E-state index contributed by atoms with van der Waals surface area (Å²) < 4.78 is 12.3. The van der Waals surface area contributed by atoms with Crippen molar-refractivity contribution in [3.8, 4) is 5.75 Å². The smallest absolute Gasteiger partial charge is 0.411 e. The van der Waals surface area contributed by atoms with E-state index in [0.29, 0.717) is 16.5 Å². The van der Waals surface area contributed by atoms with Gasteiger partial charge in [0.25, 0.3) is 0 Å². The molecule has 2 rings (SSSR count). The summed E-state index contributed by atoms with van der Waals surface area (Å²) in [6.45, 7) is 0.387. The molecule has 0 aliphatic heterocycles. The SMILES string of the molecule is O=C(Nc1cccc(Cl)c1)OCCOc1ccc(Br)cc1Br. The molecule has 0 heterocycles. The van der Waals surface area contributed by atoms with Gasteiger partial charge in [-0.25, -0.2) is 4.79 Å². The minimum absolute atomic E-state index is 0.134. The molecule has 0 aliphatic rings. The van der Waals surface area contributed by atoms with Crippen molar-refractivity contribution in [3.05, 3.63) is 56.4 Å². The zero-order chi connectivity index (χ0) is 15.9. The lowest BCUT2D eigenvalue weighted by atomic mass is 10.3. The molecule has 0 radical (unpaired) electrons. The summed E-state index contributed by atoms with van der Waals surface area (Å²) in [4.78, 5) is 11.6. The minimum atomic E-state index is -0.555. The fraction of sp³-hybridized carbons (Fsp3) is 0.133. The molecule has 0 atom stereocenters. The Kier molecular flexibility index (Phi) is 6.54. The van der Waals surface area contributed by atoms with E-state index in [2.05, 4.69) is 37.2 Å². The maximum absolute atomic E-state index is 11.6. The summed E-state index contributed by atoms with van der Waals surface area (Å²) in [7, 11) is 0. The van der Waals surface area contributed by atoms with E-state index in [4.69, 9.17) is 21.1 Å². The number of hydrogen-bond acceptors (Lipinski definition) is 3. The third kappa shape index (κ3) is 5.51. The van der Waals surface area contributed by atoms with Gasteiger partial charge in [-0.1, -0.05) is 33.6 Å². The van der Waals surface area contributed by atoms with Crippen molar-refractivity contribution in [2.45, 2.75) is 0 Å². The third-order valence-corrected chi connectivity index (χ3v) is 3.89. The first-order valence-corrected chi connectivity index (χ1v) is 8.28. The van der Waals surface area contributed by atoms with E-state index in [-0.39, 0.29) is 13.2 Å². The molecule has 22 heavy (non-hydrogen) atoms. The highest BCUT2D eigenvalue weighted by atomic mass is 79.9. The molecule has 0 saturated heterocycles. The highest BCUT2D eigenvalue weighted by molar-refractivity contribution is 9.11. The Labute approximate surface area is 150 Å². The van der Waals surface area contributed by atoms with Crippen LogP contribution in [-0.4, -0.2) is 19.3 Å². The quantitative estimate of drug-likeness (QED) is 0.614. The van der Waals surface area contributed by atoms with Crippen LogP contribution in [0, 0.1) is 0 Å². The second kappa shape index (κ2) is 8.41. The van der Waals surface area contributed by atoms with Crippen LogP contribution in [0.2, 0.25) is 5.02 Å². The highest BCUT2D eigenvalue weighted by Crippen LogP contribution is 2.28. The number of amides is 1. The zero-order valence-electron chi connectivity index (χ0n) is 11.3. The second-order valence-electron chi connectivity index (χ2n) is 4.19. The van der Waals surface area contributed by atoms with Crippen molar-refractivity contribution >= 4 is 55.2 Å². The Bertz CT molecular complexity index is 667. The minimum Gasteiger partial charge on any atom is -0.489 e. The molecule has 116 valence electrons. The van der Waals surface area contributed by atoms with Crippen LogP contribution in [0.4, 0.5) is 10.5 Å². The zero-order valence-corrected chi connectivity index (χ0v) is 15.2. The Morgan fingerprint density at radius 1 is 1.14 bits per heavy atom. The van der Waals surface area contributed by atoms with E-state index < -0.39 is 6.09 Å². The summed E-state index contributed by atoms with van der Waals surface area (Å²) in [5.74, 6) is 0.682. The van der Waals surface area contributed by atoms with Crippen LogP contribution >= 0.6 is 43.5 Å². The predicted molar refractivity (Wildman–Crippen MR) is 93.8 cm³/mol. The van der Waals surface area contributed by atoms with E-state index >= 15 is 0 Å². The van der Waals surface area contributed by atoms with Crippen molar-refractivity contribution in [1.29, 1.82) is 0 Å². The van der Waals surface area contributed by atoms with Crippen LogP contribution in [0.3, 0.4) is 0 Å². The number of carbonyl (C=O) groups excluding carboxylic acids is 1. The Balaban J connectivity index is 1.73. The van der Waals surface area contributed by atoms with E-state index in [1.165, 1.54) is 0 Å². The first-order valence-electron chi connectivity index (χ1n) is 6.32. The van der Waals surface area contributed by atoms with Gasteiger partial charge in [-0.05, 0) is 52.3 Å². The van der Waals surface area contributed by atoms with Crippen molar-refractivity contribution in [3.63, 3.8) is 0 Å². The molecule has 2 aromatic rings. The van der Waals surface area contributed by atoms with Crippen molar-refractivity contribution < 1.29 is 14.3 Å². The number of rotatable bonds is 5. The first-order chi connectivity index (χ1) is 10.5. The first kappa shape index (κ1) is 17.1. The molecule has 1 N–H and O–H groups in total. The molecule has 1 amide bonds. The fourth-order valence-electron chi connectivity index (χ4n) is 1.60. The molecular formula is C15H12Br2ClNO3. The molecule has 2 aromatic carbocycles. The van der Waals surface area contributed by atoms with Gasteiger partial charge in [0, 0.05) is 15.2 Å². The summed E-state index contributed by atoms with van der Waals surface area (Å²) in [5.41, 5.74) is 0.578. The number of halogens is 3.